The highest BCUT2D eigenvalue weighted by Crippen LogP contribution is 2.46. The average molecular weight is 1840 g/mol. The van der Waals surface area contributed by atoms with Gasteiger partial charge in [0, 0.05) is 144 Å². The summed E-state index contributed by atoms with van der Waals surface area (Å²) in [4.78, 5) is 0. The molecule has 0 spiro atoms. The van der Waals surface area contributed by atoms with E-state index in [4.69, 9.17) is 0 Å². The summed E-state index contributed by atoms with van der Waals surface area (Å²) in [5.74, 6) is 0. The molecule has 0 saturated carbocycles. The smallest absolute Gasteiger partial charge is 0.0561 e. The molecule has 0 N–H and O–H groups in total. The maximum atomic E-state index is 2.39. The standard InChI is InChI=1S/2C37H26N2.2C31H22N2/c1-25-10-9-13-29(22-25)39-35-17-8-6-15-31(35)33-24-27(19-21-37(33)39)26-18-20-36-32(23-26)30-14-5-7-16-34(30)38(36)28-11-3-2-4-12-28;1-25-15-19-29(20-16-25)39-35-14-8-6-12-31(35)33-24-27(18-22-37(33)39)26-17-21-36-32(23-26)30-11-5-7-13-34(30)38(36)28-9-3-2-4-10-28;1-21-14-16-22(17-15-21)32-28-11-5-4-10-26(28)27-19-18-23(20-31(27)32)33-29-12-6-2-8-24(29)25-9-3-7-13-30(25)33;1-32-28-13-7-5-11-24(28)26-19-21(15-17-29(26)32)22-16-18-31-27(20-22)25-12-6-8-14-30(25)33(31)23-9-3-2-4-10-23/h2*2-24H,1H3;2*2-20H,1H3. The second-order valence-corrected chi connectivity index (χ2v) is 38.2. The highest BCUT2D eigenvalue weighted by atomic mass is 15.0. The van der Waals surface area contributed by atoms with Crippen molar-refractivity contribution in [3.63, 3.8) is 0 Å². The van der Waals surface area contributed by atoms with E-state index in [0.29, 0.717) is 0 Å². The zero-order chi connectivity index (χ0) is 95.7. The summed E-state index contributed by atoms with van der Waals surface area (Å²) in [7, 11) is 2.15. The lowest BCUT2D eigenvalue weighted by molar-refractivity contribution is 1.01. The van der Waals surface area contributed by atoms with Crippen molar-refractivity contribution in [2.24, 2.45) is 7.05 Å². The molecule has 30 aromatic rings. The van der Waals surface area contributed by atoms with Crippen molar-refractivity contribution in [2.75, 3.05) is 0 Å². The lowest BCUT2D eigenvalue weighted by Crippen LogP contribution is -1.97. The number of aryl methyl sites for hydroxylation is 4. The molecule has 0 aliphatic carbocycles. The summed E-state index contributed by atoms with van der Waals surface area (Å²) in [5, 5.41) is 20.5. The maximum absolute atomic E-state index is 2.39. The Labute approximate surface area is 832 Å². The van der Waals surface area contributed by atoms with Gasteiger partial charge in [0.25, 0.3) is 0 Å². The molecule has 0 amide bonds. The largest absolute Gasteiger partial charge is 0.344 e. The van der Waals surface area contributed by atoms with Crippen molar-refractivity contribution in [1.82, 2.24) is 36.5 Å². The molecule has 0 unspecified atom stereocenters. The van der Waals surface area contributed by atoms with Crippen LogP contribution in [0, 0.1) is 20.8 Å². The zero-order valence-corrected chi connectivity index (χ0v) is 80.1. The number of nitrogens with zero attached hydrogens (tertiary/aromatic N) is 8. The fourth-order valence-electron chi connectivity index (χ4n) is 23.0. The first-order valence-electron chi connectivity index (χ1n) is 49.6. The van der Waals surface area contributed by atoms with Gasteiger partial charge in [-0.1, -0.05) is 308 Å². The summed E-state index contributed by atoms with van der Waals surface area (Å²) in [5.41, 5.74) is 39.3. The van der Waals surface area contributed by atoms with E-state index in [1.165, 1.54) is 264 Å². The summed E-state index contributed by atoms with van der Waals surface area (Å²) in [6, 6.07) is 185. The Balaban J connectivity index is 0.0000000959. The molecule has 0 aliphatic heterocycles. The Kier molecular flexibility index (Phi) is 20.4. The average Bonchev–Trinajstić information content (AvgIpc) is 1.58. The molecule has 8 heteroatoms. The van der Waals surface area contributed by atoms with E-state index < -0.39 is 0 Å². The van der Waals surface area contributed by atoms with Crippen molar-refractivity contribution in [3.8, 4) is 73.2 Å². The number of rotatable bonds is 10. The molecule has 0 atom stereocenters. The summed E-state index contributed by atoms with van der Waals surface area (Å²) >= 11 is 0. The summed E-state index contributed by atoms with van der Waals surface area (Å²) in [6.45, 7) is 6.42. The van der Waals surface area contributed by atoms with Gasteiger partial charge < -0.3 is 36.5 Å². The van der Waals surface area contributed by atoms with Crippen LogP contribution >= 0.6 is 0 Å². The van der Waals surface area contributed by atoms with Crippen LogP contribution in [0.4, 0.5) is 0 Å². The Bertz CT molecular complexity index is 10300. The first kappa shape index (κ1) is 84.5. The van der Waals surface area contributed by atoms with E-state index in [0.717, 1.165) is 0 Å². The molecule has 30 rings (SSSR count). The van der Waals surface area contributed by atoms with Gasteiger partial charge in [-0.3, -0.25) is 0 Å². The molecule has 8 aromatic heterocycles. The summed E-state index contributed by atoms with van der Waals surface area (Å²) < 4.78 is 18.9. The Morgan fingerprint density at radius 3 is 0.590 bits per heavy atom. The monoisotopic (exact) mass is 1840 g/mol. The number of hydrogen-bond donors (Lipinski definition) is 0. The van der Waals surface area contributed by atoms with Gasteiger partial charge in [0.2, 0.25) is 0 Å². The maximum Gasteiger partial charge on any atom is 0.0561 e. The van der Waals surface area contributed by atoms with Crippen LogP contribution in [-0.2, 0) is 7.05 Å². The second kappa shape index (κ2) is 34.7. The minimum Gasteiger partial charge on any atom is -0.344 e. The third-order valence-corrected chi connectivity index (χ3v) is 29.7. The van der Waals surface area contributed by atoms with Crippen LogP contribution in [0.25, 0.3) is 248 Å². The van der Waals surface area contributed by atoms with Gasteiger partial charge in [-0.05, 0) is 272 Å². The van der Waals surface area contributed by atoms with Gasteiger partial charge in [0.05, 0.1) is 77.2 Å². The molecule has 0 radical (unpaired) electrons. The fourth-order valence-corrected chi connectivity index (χ4v) is 23.0. The Morgan fingerprint density at radius 1 is 0.111 bits per heavy atom. The lowest BCUT2D eigenvalue weighted by atomic mass is 10.0. The van der Waals surface area contributed by atoms with Crippen LogP contribution in [0.5, 0.6) is 0 Å². The highest BCUT2D eigenvalue weighted by Gasteiger charge is 2.24. The van der Waals surface area contributed by atoms with Crippen molar-refractivity contribution in [2.45, 2.75) is 20.8 Å². The van der Waals surface area contributed by atoms with Crippen LogP contribution in [0.2, 0.25) is 0 Å². The van der Waals surface area contributed by atoms with Crippen molar-refractivity contribution in [3.05, 3.63) is 526 Å². The molecule has 8 nitrogen and oxygen atoms in total. The van der Waals surface area contributed by atoms with Crippen LogP contribution in [0.1, 0.15) is 16.7 Å². The molecule has 0 bridgehead atoms. The molecule has 680 valence electrons. The van der Waals surface area contributed by atoms with Crippen LogP contribution in [0.15, 0.2) is 510 Å². The van der Waals surface area contributed by atoms with Crippen LogP contribution < -0.4 is 0 Å². The van der Waals surface area contributed by atoms with Gasteiger partial charge >= 0.3 is 0 Å². The van der Waals surface area contributed by atoms with Crippen molar-refractivity contribution in [1.29, 1.82) is 0 Å². The minimum atomic E-state index is 1.18. The highest BCUT2D eigenvalue weighted by molar-refractivity contribution is 6.18. The van der Waals surface area contributed by atoms with Gasteiger partial charge in [-0.2, -0.15) is 0 Å². The van der Waals surface area contributed by atoms with Crippen molar-refractivity contribution < 1.29 is 0 Å². The quantitative estimate of drug-likeness (QED) is 0.131. The van der Waals surface area contributed by atoms with E-state index in [1.54, 1.807) is 0 Å². The zero-order valence-electron chi connectivity index (χ0n) is 80.1. The molecule has 144 heavy (non-hydrogen) atoms. The number of aromatic nitrogens is 8. The Morgan fingerprint density at radius 2 is 0.299 bits per heavy atom. The predicted octanol–water partition coefficient (Wildman–Crippen LogP) is 36.0. The normalized spacial score (nSPS) is 11.8. The van der Waals surface area contributed by atoms with Crippen LogP contribution in [-0.4, -0.2) is 36.5 Å². The van der Waals surface area contributed by atoms with E-state index in [1.807, 2.05) is 0 Å². The van der Waals surface area contributed by atoms with Gasteiger partial charge in [-0.25, -0.2) is 0 Å². The number of para-hydroxylation sites is 12. The molecular formula is C136H96N8. The van der Waals surface area contributed by atoms with E-state index in [9.17, 15) is 0 Å². The number of fused-ring (bicyclic) bond motifs is 24. The fraction of sp³-hybridized carbons (Fsp3) is 0.0294. The first-order chi connectivity index (χ1) is 71.1. The van der Waals surface area contributed by atoms with Crippen molar-refractivity contribution >= 4 is 174 Å². The van der Waals surface area contributed by atoms with Gasteiger partial charge in [-0.15, -0.1) is 0 Å². The molecule has 8 heterocycles. The van der Waals surface area contributed by atoms with Crippen LogP contribution in [0.3, 0.4) is 0 Å². The third-order valence-electron chi connectivity index (χ3n) is 29.7. The topological polar surface area (TPSA) is 39.4 Å². The summed E-state index contributed by atoms with van der Waals surface area (Å²) in [6.07, 6.45) is 0. The Hall–Kier alpha value is -18.8. The van der Waals surface area contributed by atoms with Gasteiger partial charge in [0.1, 0.15) is 0 Å². The molecule has 0 aliphatic rings. The second-order valence-electron chi connectivity index (χ2n) is 38.2. The SMILES string of the molecule is Cc1ccc(-n2c3ccccc3c3cc(-c4ccc5c(c4)c4ccccc4n5-c4ccccc4)ccc32)cc1.Cc1ccc(-n2c3ccccc3c3ccc(-n4c5ccccc5c5ccccc54)cc32)cc1.Cc1cccc(-n2c3ccccc3c3cc(-c4ccc5c(c4)c4ccccc4n5-c4ccccc4)ccc32)c1.Cn1c2ccccc2c2cc(-c3ccc4c(c3)c3ccccc3n4-c3ccccc3)ccc21. The minimum absolute atomic E-state index is 1.18. The van der Waals surface area contributed by atoms with E-state index in [-0.39, 0.29) is 0 Å². The van der Waals surface area contributed by atoms with E-state index in [2.05, 4.69) is 574 Å². The lowest BCUT2D eigenvalue weighted by Gasteiger charge is -2.11. The molecule has 0 fully saturated rings. The molecular weight excluding hydrogens is 1750 g/mol. The molecule has 0 saturated heterocycles. The number of hydrogen-bond acceptors (Lipinski definition) is 0. The first-order valence-corrected chi connectivity index (χ1v) is 49.6. The predicted molar refractivity (Wildman–Crippen MR) is 611 cm³/mol. The molecule has 22 aromatic carbocycles. The van der Waals surface area contributed by atoms with E-state index >= 15 is 0 Å². The number of benzene rings is 22. The van der Waals surface area contributed by atoms with Gasteiger partial charge in [0.15, 0.2) is 0 Å². The third kappa shape index (κ3) is 14.1.